The van der Waals surface area contributed by atoms with Crippen molar-refractivity contribution in [3.05, 3.63) is 17.0 Å². The third-order valence-corrected chi connectivity index (χ3v) is 2.74. The molecule has 2 rings (SSSR count). The summed E-state index contributed by atoms with van der Waals surface area (Å²) >= 11 is 1.36. The summed E-state index contributed by atoms with van der Waals surface area (Å²) in [6, 6.07) is 0. The number of hydrogen-bond donors (Lipinski definition) is 1. The van der Waals surface area contributed by atoms with Gasteiger partial charge in [0.25, 0.3) is 0 Å². The molecule has 2 N–H and O–H groups in total. The zero-order valence-corrected chi connectivity index (χ0v) is 9.48. The number of nitrogens with zero attached hydrogens (tertiary/aromatic N) is 4. The highest BCUT2D eigenvalue weighted by Gasteiger charge is 2.18. The van der Waals surface area contributed by atoms with Crippen molar-refractivity contribution in [1.82, 2.24) is 19.7 Å². The summed E-state index contributed by atoms with van der Waals surface area (Å²) in [6.45, 7) is 1.83. The van der Waals surface area contributed by atoms with Gasteiger partial charge in [0.2, 0.25) is 5.13 Å². The molecular formula is C8H9N5O2S. The lowest BCUT2D eigenvalue weighted by molar-refractivity contribution is 0.0596. The van der Waals surface area contributed by atoms with E-state index in [1.165, 1.54) is 29.3 Å². The Hall–Kier alpha value is -1.96. The molecule has 0 fully saturated rings. The molecule has 2 heterocycles. The zero-order valence-electron chi connectivity index (χ0n) is 8.67. The van der Waals surface area contributed by atoms with Gasteiger partial charge in [-0.1, -0.05) is 11.3 Å². The molecule has 2 aromatic rings. The second kappa shape index (κ2) is 3.89. The van der Waals surface area contributed by atoms with E-state index in [1.807, 2.05) is 6.92 Å². The van der Waals surface area contributed by atoms with Crippen LogP contribution in [0.3, 0.4) is 0 Å². The molecule has 0 aliphatic heterocycles. The Morgan fingerprint density at radius 1 is 1.56 bits per heavy atom. The van der Waals surface area contributed by atoms with Crippen LogP contribution in [0, 0.1) is 6.92 Å². The van der Waals surface area contributed by atoms with E-state index < -0.39 is 5.97 Å². The highest BCUT2D eigenvalue weighted by atomic mass is 32.1. The van der Waals surface area contributed by atoms with Crippen LogP contribution in [-0.4, -0.2) is 32.8 Å². The number of rotatable bonds is 2. The van der Waals surface area contributed by atoms with E-state index in [4.69, 9.17) is 5.73 Å². The van der Waals surface area contributed by atoms with Crippen LogP contribution in [0.1, 0.15) is 15.5 Å². The topological polar surface area (TPSA) is 95.9 Å². The Morgan fingerprint density at radius 2 is 2.31 bits per heavy atom. The van der Waals surface area contributed by atoms with Crippen LogP contribution >= 0.6 is 11.3 Å². The monoisotopic (exact) mass is 239 g/mol. The van der Waals surface area contributed by atoms with Crippen LogP contribution in [0.4, 0.5) is 5.82 Å². The van der Waals surface area contributed by atoms with Gasteiger partial charge < -0.3 is 10.5 Å². The molecular weight excluding hydrogens is 230 g/mol. The maximum atomic E-state index is 11.3. The highest BCUT2D eigenvalue weighted by Crippen LogP contribution is 2.20. The fraction of sp³-hybridized carbons (Fsp3) is 0.250. The van der Waals surface area contributed by atoms with Gasteiger partial charge in [-0.05, 0) is 6.92 Å². The lowest BCUT2D eigenvalue weighted by atomic mass is 10.4. The number of ether oxygens (including phenoxy) is 1. The first-order chi connectivity index (χ1) is 7.63. The van der Waals surface area contributed by atoms with Gasteiger partial charge in [0.05, 0.1) is 7.11 Å². The van der Waals surface area contributed by atoms with E-state index in [-0.39, 0.29) is 11.5 Å². The molecule has 0 unspecified atom stereocenters. The number of anilines is 1. The molecule has 8 heteroatoms. The smallest absolute Gasteiger partial charge is 0.360 e. The number of esters is 1. The Morgan fingerprint density at radius 3 is 2.88 bits per heavy atom. The lowest BCUT2D eigenvalue weighted by Crippen LogP contribution is -2.07. The van der Waals surface area contributed by atoms with E-state index in [9.17, 15) is 4.79 Å². The molecule has 0 spiro atoms. The summed E-state index contributed by atoms with van der Waals surface area (Å²) in [5.74, 6) is -0.375. The molecule has 7 nitrogen and oxygen atoms in total. The third kappa shape index (κ3) is 1.63. The normalized spacial score (nSPS) is 10.4. The number of nitrogen functional groups attached to an aromatic ring is 1. The SMILES string of the molecule is COC(=O)c1ncn(-c2nnc(C)s2)c1N. The van der Waals surface area contributed by atoms with Gasteiger partial charge in [-0.2, -0.15) is 0 Å². The van der Waals surface area contributed by atoms with E-state index in [2.05, 4.69) is 19.9 Å². The summed E-state index contributed by atoms with van der Waals surface area (Å²) in [5.41, 5.74) is 5.84. The van der Waals surface area contributed by atoms with Crippen LogP contribution in [0.2, 0.25) is 0 Å². The number of imidazole rings is 1. The van der Waals surface area contributed by atoms with E-state index >= 15 is 0 Å². The van der Waals surface area contributed by atoms with Crippen molar-refractivity contribution in [3.8, 4) is 5.13 Å². The van der Waals surface area contributed by atoms with Gasteiger partial charge in [0, 0.05) is 0 Å². The van der Waals surface area contributed by atoms with Crippen molar-refractivity contribution >= 4 is 23.1 Å². The zero-order chi connectivity index (χ0) is 11.7. The summed E-state index contributed by atoms with van der Waals surface area (Å²) in [4.78, 5) is 15.1. The first-order valence-corrected chi connectivity index (χ1v) is 5.16. The van der Waals surface area contributed by atoms with E-state index in [0.29, 0.717) is 5.13 Å². The van der Waals surface area contributed by atoms with Gasteiger partial charge in [-0.3, -0.25) is 4.57 Å². The van der Waals surface area contributed by atoms with E-state index in [1.54, 1.807) is 0 Å². The van der Waals surface area contributed by atoms with Crippen LogP contribution < -0.4 is 5.73 Å². The number of carbonyl (C=O) groups excluding carboxylic acids is 1. The molecule has 0 atom stereocenters. The lowest BCUT2D eigenvalue weighted by Gasteiger charge is -1.99. The Bertz CT molecular complexity index is 532. The fourth-order valence-corrected chi connectivity index (χ4v) is 1.82. The van der Waals surface area contributed by atoms with Crippen molar-refractivity contribution in [2.45, 2.75) is 6.92 Å². The van der Waals surface area contributed by atoms with Gasteiger partial charge in [-0.15, -0.1) is 10.2 Å². The van der Waals surface area contributed by atoms with Crippen molar-refractivity contribution in [1.29, 1.82) is 0 Å². The third-order valence-electron chi connectivity index (χ3n) is 1.90. The van der Waals surface area contributed by atoms with Crippen molar-refractivity contribution in [3.63, 3.8) is 0 Å². The second-order valence-electron chi connectivity index (χ2n) is 2.94. The molecule has 0 aliphatic rings. The molecule has 0 aromatic carbocycles. The molecule has 2 aromatic heterocycles. The van der Waals surface area contributed by atoms with Gasteiger partial charge in [0.15, 0.2) is 5.69 Å². The minimum atomic E-state index is -0.572. The minimum Gasteiger partial charge on any atom is -0.464 e. The maximum absolute atomic E-state index is 11.3. The Labute approximate surface area is 94.9 Å². The van der Waals surface area contributed by atoms with Crippen LogP contribution in [0.5, 0.6) is 0 Å². The predicted octanol–water partition coefficient (Wildman–Crippen LogP) is 0.401. The molecule has 0 bridgehead atoms. The van der Waals surface area contributed by atoms with Gasteiger partial charge in [0.1, 0.15) is 17.2 Å². The number of hydrogen-bond acceptors (Lipinski definition) is 7. The number of aryl methyl sites for hydroxylation is 1. The summed E-state index contributed by atoms with van der Waals surface area (Å²) < 4.78 is 6.04. The molecule has 84 valence electrons. The van der Waals surface area contributed by atoms with Crippen molar-refractivity contribution in [2.24, 2.45) is 0 Å². The average molecular weight is 239 g/mol. The molecule has 0 amide bonds. The Kier molecular flexibility index (Phi) is 2.57. The van der Waals surface area contributed by atoms with E-state index in [0.717, 1.165) is 5.01 Å². The number of nitrogens with two attached hydrogens (primary N) is 1. The first kappa shape index (κ1) is 10.6. The molecule has 0 saturated carbocycles. The summed E-state index contributed by atoms with van der Waals surface area (Å²) in [5, 5.41) is 9.14. The largest absolute Gasteiger partial charge is 0.464 e. The molecule has 0 aliphatic carbocycles. The van der Waals surface area contributed by atoms with Crippen LogP contribution in [0.15, 0.2) is 6.33 Å². The quantitative estimate of drug-likeness (QED) is 0.762. The predicted molar refractivity (Wildman–Crippen MR) is 57.5 cm³/mol. The second-order valence-corrected chi connectivity index (χ2v) is 4.10. The van der Waals surface area contributed by atoms with Crippen LogP contribution in [-0.2, 0) is 4.74 Å². The number of carbonyl (C=O) groups is 1. The van der Waals surface area contributed by atoms with Gasteiger partial charge >= 0.3 is 5.97 Å². The standard InChI is InChI=1S/C8H9N5O2S/c1-4-11-12-8(16-4)13-3-10-5(6(13)9)7(14)15-2/h3H,9H2,1-2H3. The summed E-state index contributed by atoms with van der Waals surface area (Å²) in [7, 11) is 1.27. The van der Waals surface area contributed by atoms with Gasteiger partial charge in [-0.25, -0.2) is 9.78 Å². The average Bonchev–Trinajstić information content (AvgIpc) is 2.83. The van der Waals surface area contributed by atoms with Crippen LogP contribution in [0.25, 0.3) is 5.13 Å². The molecule has 0 radical (unpaired) electrons. The highest BCUT2D eigenvalue weighted by molar-refractivity contribution is 7.13. The number of methoxy groups -OCH3 is 1. The van der Waals surface area contributed by atoms with Crippen molar-refractivity contribution < 1.29 is 9.53 Å². The fourth-order valence-electron chi connectivity index (χ4n) is 1.15. The maximum Gasteiger partial charge on any atom is 0.360 e. The van der Waals surface area contributed by atoms with Crippen molar-refractivity contribution in [2.75, 3.05) is 12.8 Å². The Balaban J connectivity index is 2.44. The minimum absolute atomic E-state index is 0.0790. The first-order valence-electron chi connectivity index (χ1n) is 4.35. The number of aromatic nitrogens is 4. The molecule has 16 heavy (non-hydrogen) atoms. The summed E-state index contributed by atoms with van der Waals surface area (Å²) in [6.07, 6.45) is 1.42. The molecule has 0 saturated heterocycles.